The summed E-state index contributed by atoms with van der Waals surface area (Å²) in [5, 5.41) is 3.53. The van der Waals surface area contributed by atoms with E-state index < -0.39 is 0 Å². The number of benzene rings is 1. The largest absolute Gasteiger partial charge is 0.369 e. The van der Waals surface area contributed by atoms with Crippen molar-refractivity contribution in [2.24, 2.45) is 0 Å². The second kappa shape index (κ2) is 6.22. The molecule has 3 rings (SSSR count). The number of nitrogens with one attached hydrogen (secondary N) is 1. The maximum atomic E-state index is 13.3. The van der Waals surface area contributed by atoms with E-state index >= 15 is 0 Å². The molecule has 0 unspecified atom stereocenters. The molecule has 1 aliphatic rings. The van der Waals surface area contributed by atoms with E-state index in [1.807, 2.05) is 31.6 Å². The van der Waals surface area contributed by atoms with E-state index in [1.54, 1.807) is 12.1 Å². The van der Waals surface area contributed by atoms with Gasteiger partial charge in [0.15, 0.2) is 0 Å². The summed E-state index contributed by atoms with van der Waals surface area (Å²) in [6.45, 7) is 1.52. The molecule has 0 bridgehead atoms. The fraction of sp³-hybridized carbons (Fsp3) is 0.353. The molecule has 1 aromatic carbocycles. The Kier molecular flexibility index (Phi) is 4.15. The van der Waals surface area contributed by atoms with Crippen molar-refractivity contribution >= 4 is 5.69 Å². The minimum absolute atomic E-state index is 0.192. The molecule has 2 aromatic rings. The number of nitrogens with zero attached hydrogens (tertiary/aromatic N) is 2. The average Bonchev–Trinajstić information content (AvgIpc) is 3.29. The van der Waals surface area contributed by atoms with Crippen LogP contribution in [0, 0.1) is 5.82 Å². The smallest absolute Gasteiger partial charge is 0.123 e. The Morgan fingerprint density at radius 1 is 1.33 bits per heavy atom. The van der Waals surface area contributed by atoms with Crippen LogP contribution < -0.4 is 10.2 Å². The zero-order valence-electron chi connectivity index (χ0n) is 12.2. The second-order valence-electron chi connectivity index (χ2n) is 5.65. The maximum Gasteiger partial charge on any atom is 0.123 e. The number of hydrogen-bond donors (Lipinski definition) is 1. The fourth-order valence-electron chi connectivity index (χ4n) is 2.44. The summed E-state index contributed by atoms with van der Waals surface area (Å²) in [6, 6.07) is 9.47. The summed E-state index contributed by atoms with van der Waals surface area (Å²) in [6.07, 6.45) is 6.26. The van der Waals surface area contributed by atoms with Crippen LogP contribution in [0.2, 0.25) is 0 Å². The van der Waals surface area contributed by atoms with Gasteiger partial charge in [0.1, 0.15) is 5.82 Å². The Balaban J connectivity index is 1.72. The summed E-state index contributed by atoms with van der Waals surface area (Å²) in [5.74, 6) is -0.192. The van der Waals surface area contributed by atoms with Gasteiger partial charge in [-0.15, -0.1) is 0 Å². The highest BCUT2D eigenvalue weighted by Gasteiger charge is 2.20. The Morgan fingerprint density at radius 2 is 2.19 bits per heavy atom. The van der Waals surface area contributed by atoms with Gasteiger partial charge in [0.05, 0.1) is 11.9 Å². The lowest BCUT2D eigenvalue weighted by Gasteiger charge is -2.22. The molecule has 1 aromatic heterocycles. The molecule has 1 saturated carbocycles. The fourth-order valence-corrected chi connectivity index (χ4v) is 2.44. The summed E-state index contributed by atoms with van der Waals surface area (Å²) in [7, 11) is 2.02. The molecule has 0 saturated heterocycles. The van der Waals surface area contributed by atoms with Crippen LogP contribution in [-0.4, -0.2) is 18.1 Å². The van der Waals surface area contributed by atoms with Crippen molar-refractivity contribution in [2.45, 2.75) is 32.0 Å². The zero-order valence-corrected chi connectivity index (χ0v) is 12.2. The van der Waals surface area contributed by atoms with Crippen LogP contribution >= 0.6 is 0 Å². The number of anilines is 1. The van der Waals surface area contributed by atoms with Crippen LogP contribution in [-0.2, 0) is 13.1 Å². The molecule has 1 heterocycles. The maximum absolute atomic E-state index is 13.3. The second-order valence-corrected chi connectivity index (χ2v) is 5.65. The first-order valence-corrected chi connectivity index (χ1v) is 7.34. The van der Waals surface area contributed by atoms with Gasteiger partial charge in [-0.3, -0.25) is 4.98 Å². The van der Waals surface area contributed by atoms with Gasteiger partial charge in [-0.25, -0.2) is 4.39 Å². The van der Waals surface area contributed by atoms with Crippen LogP contribution in [0.15, 0.2) is 42.7 Å². The third-order valence-corrected chi connectivity index (χ3v) is 3.77. The van der Waals surface area contributed by atoms with Crippen LogP contribution in [0.1, 0.15) is 24.0 Å². The van der Waals surface area contributed by atoms with E-state index in [4.69, 9.17) is 0 Å². The van der Waals surface area contributed by atoms with Crippen molar-refractivity contribution < 1.29 is 4.39 Å². The number of hydrogen-bond acceptors (Lipinski definition) is 3. The van der Waals surface area contributed by atoms with Gasteiger partial charge in [-0.05, 0) is 42.2 Å². The number of halogens is 1. The standard InChI is InChI=1S/C17H20FN3/c1-21(12-13-3-2-4-15(18)9-13)17-11-19-8-7-14(17)10-20-16-5-6-16/h2-4,7-9,11,16,20H,5-6,10,12H2,1H3. The van der Waals surface area contributed by atoms with Crippen molar-refractivity contribution in [3.8, 4) is 0 Å². The monoisotopic (exact) mass is 285 g/mol. The van der Waals surface area contributed by atoms with E-state index in [0.717, 1.165) is 17.8 Å². The molecule has 0 atom stereocenters. The highest BCUT2D eigenvalue weighted by atomic mass is 19.1. The average molecular weight is 285 g/mol. The normalized spacial score (nSPS) is 14.2. The number of aromatic nitrogens is 1. The van der Waals surface area contributed by atoms with Crippen molar-refractivity contribution in [3.05, 3.63) is 59.7 Å². The third kappa shape index (κ3) is 3.79. The van der Waals surface area contributed by atoms with E-state index in [-0.39, 0.29) is 5.82 Å². The lowest BCUT2D eigenvalue weighted by Crippen LogP contribution is -2.22. The van der Waals surface area contributed by atoms with Gasteiger partial charge in [0.2, 0.25) is 0 Å². The van der Waals surface area contributed by atoms with Gasteiger partial charge >= 0.3 is 0 Å². The minimum atomic E-state index is -0.192. The number of rotatable bonds is 6. The van der Waals surface area contributed by atoms with E-state index in [0.29, 0.717) is 12.6 Å². The molecule has 4 heteroatoms. The first-order valence-electron chi connectivity index (χ1n) is 7.34. The quantitative estimate of drug-likeness (QED) is 0.884. The lowest BCUT2D eigenvalue weighted by molar-refractivity contribution is 0.625. The first kappa shape index (κ1) is 14.0. The van der Waals surface area contributed by atoms with Gasteiger partial charge in [0.25, 0.3) is 0 Å². The van der Waals surface area contributed by atoms with Crippen LogP contribution in [0.4, 0.5) is 10.1 Å². The van der Waals surface area contributed by atoms with Crippen molar-refractivity contribution in [2.75, 3.05) is 11.9 Å². The van der Waals surface area contributed by atoms with Crippen LogP contribution in [0.3, 0.4) is 0 Å². The van der Waals surface area contributed by atoms with Gasteiger partial charge in [-0.1, -0.05) is 12.1 Å². The van der Waals surface area contributed by atoms with Gasteiger partial charge < -0.3 is 10.2 Å². The SMILES string of the molecule is CN(Cc1cccc(F)c1)c1cnccc1CNC1CC1. The van der Waals surface area contributed by atoms with E-state index in [1.165, 1.54) is 24.5 Å². The molecule has 1 aliphatic carbocycles. The predicted molar refractivity (Wildman–Crippen MR) is 82.6 cm³/mol. The van der Waals surface area contributed by atoms with Crippen LogP contribution in [0.25, 0.3) is 0 Å². The van der Waals surface area contributed by atoms with Gasteiger partial charge in [0, 0.05) is 32.4 Å². The molecule has 1 N–H and O–H groups in total. The molecule has 0 radical (unpaired) electrons. The zero-order chi connectivity index (χ0) is 14.7. The highest BCUT2D eigenvalue weighted by Crippen LogP contribution is 2.23. The summed E-state index contributed by atoms with van der Waals surface area (Å²) < 4.78 is 13.3. The van der Waals surface area contributed by atoms with Crippen molar-refractivity contribution in [1.29, 1.82) is 0 Å². The molecule has 1 fully saturated rings. The summed E-state index contributed by atoms with van der Waals surface area (Å²) in [4.78, 5) is 6.34. The Morgan fingerprint density at radius 3 is 2.95 bits per heavy atom. The Labute approximate surface area is 124 Å². The lowest BCUT2D eigenvalue weighted by atomic mass is 10.1. The van der Waals surface area contributed by atoms with E-state index in [2.05, 4.69) is 15.2 Å². The van der Waals surface area contributed by atoms with Crippen molar-refractivity contribution in [3.63, 3.8) is 0 Å². The van der Waals surface area contributed by atoms with Crippen LogP contribution in [0.5, 0.6) is 0 Å². The summed E-state index contributed by atoms with van der Waals surface area (Å²) in [5.41, 5.74) is 3.29. The molecule has 3 nitrogen and oxygen atoms in total. The topological polar surface area (TPSA) is 28.2 Å². The molecular weight excluding hydrogens is 265 g/mol. The predicted octanol–water partition coefficient (Wildman–Crippen LogP) is 3.11. The van der Waals surface area contributed by atoms with E-state index in [9.17, 15) is 4.39 Å². The molecule has 0 amide bonds. The van der Waals surface area contributed by atoms with Crippen molar-refractivity contribution in [1.82, 2.24) is 10.3 Å². The third-order valence-electron chi connectivity index (χ3n) is 3.77. The molecule has 0 spiro atoms. The highest BCUT2D eigenvalue weighted by molar-refractivity contribution is 5.51. The number of pyridine rings is 1. The minimum Gasteiger partial charge on any atom is -0.369 e. The molecular formula is C17H20FN3. The molecule has 110 valence electrons. The van der Waals surface area contributed by atoms with Gasteiger partial charge in [-0.2, -0.15) is 0 Å². The Hall–Kier alpha value is -1.94. The Bertz CT molecular complexity index is 610. The first-order chi connectivity index (χ1) is 10.2. The molecule has 21 heavy (non-hydrogen) atoms. The summed E-state index contributed by atoms with van der Waals surface area (Å²) >= 11 is 0. The molecule has 0 aliphatic heterocycles.